The fourth-order valence-corrected chi connectivity index (χ4v) is 3.79. The van der Waals surface area contributed by atoms with E-state index in [0.717, 1.165) is 17.7 Å². The highest BCUT2D eigenvalue weighted by molar-refractivity contribution is 7.85. The Labute approximate surface area is 134 Å². The molecule has 2 heterocycles. The van der Waals surface area contributed by atoms with Crippen LogP contribution in [0, 0.1) is 5.92 Å². The number of amides is 1. The van der Waals surface area contributed by atoms with Crippen LogP contribution in [0.2, 0.25) is 0 Å². The van der Waals surface area contributed by atoms with Crippen LogP contribution in [-0.4, -0.2) is 44.6 Å². The van der Waals surface area contributed by atoms with E-state index in [-0.39, 0.29) is 6.09 Å². The van der Waals surface area contributed by atoms with E-state index in [9.17, 15) is 9.00 Å². The van der Waals surface area contributed by atoms with Gasteiger partial charge in [-0.05, 0) is 51.7 Å². The summed E-state index contributed by atoms with van der Waals surface area (Å²) >= 11 is 0. The molecule has 0 N–H and O–H groups in total. The van der Waals surface area contributed by atoms with E-state index >= 15 is 0 Å². The predicted molar refractivity (Wildman–Crippen MR) is 86.0 cm³/mol. The number of hydrogen-bond donors (Lipinski definition) is 0. The van der Waals surface area contributed by atoms with E-state index in [1.807, 2.05) is 20.8 Å². The lowest BCUT2D eigenvalue weighted by molar-refractivity contribution is 0.0191. The highest BCUT2D eigenvalue weighted by Gasteiger charge is 2.27. The zero-order valence-electron chi connectivity index (χ0n) is 13.4. The smallest absolute Gasteiger partial charge is 0.410 e. The number of pyridine rings is 1. The van der Waals surface area contributed by atoms with Gasteiger partial charge in [-0.3, -0.25) is 9.19 Å². The molecule has 1 fully saturated rings. The minimum absolute atomic E-state index is 0.249. The van der Waals surface area contributed by atoms with Gasteiger partial charge in [-0.2, -0.15) is 0 Å². The number of piperidine rings is 1. The van der Waals surface area contributed by atoms with Crippen molar-refractivity contribution in [1.29, 1.82) is 0 Å². The fourth-order valence-electron chi connectivity index (χ4n) is 2.41. The quantitative estimate of drug-likeness (QED) is 0.858. The summed E-state index contributed by atoms with van der Waals surface area (Å²) in [6.45, 7) is 6.96. The summed E-state index contributed by atoms with van der Waals surface area (Å²) in [4.78, 5) is 18.5. The third-order valence-corrected chi connectivity index (χ3v) is 5.14. The Hall–Kier alpha value is -1.43. The van der Waals surface area contributed by atoms with Gasteiger partial charge in [0, 0.05) is 36.1 Å². The number of nitrogens with zero attached hydrogens (tertiary/aromatic N) is 2. The van der Waals surface area contributed by atoms with E-state index in [1.54, 1.807) is 29.4 Å². The van der Waals surface area contributed by atoms with Crippen LogP contribution in [0.5, 0.6) is 0 Å². The Morgan fingerprint density at radius 2 is 1.91 bits per heavy atom. The van der Waals surface area contributed by atoms with Gasteiger partial charge in [0.1, 0.15) is 5.60 Å². The average molecular weight is 324 g/mol. The average Bonchev–Trinajstić information content (AvgIpc) is 2.47. The van der Waals surface area contributed by atoms with Crippen molar-refractivity contribution in [2.75, 3.05) is 18.8 Å². The highest BCUT2D eigenvalue weighted by Crippen LogP contribution is 2.22. The van der Waals surface area contributed by atoms with Crippen LogP contribution in [0.25, 0.3) is 0 Å². The van der Waals surface area contributed by atoms with Crippen molar-refractivity contribution in [3.63, 3.8) is 0 Å². The Kier molecular flexibility index (Phi) is 5.56. The van der Waals surface area contributed by atoms with Gasteiger partial charge in [0.05, 0.1) is 10.8 Å². The topological polar surface area (TPSA) is 59.5 Å². The van der Waals surface area contributed by atoms with Gasteiger partial charge < -0.3 is 9.64 Å². The van der Waals surface area contributed by atoms with Gasteiger partial charge in [-0.25, -0.2) is 4.79 Å². The molecule has 1 aliphatic rings. The summed E-state index contributed by atoms with van der Waals surface area (Å²) in [6, 6.07) is 3.60. The summed E-state index contributed by atoms with van der Waals surface area (Å²) in [5.41, 5.74) is -0.462. The van der Waals surface area contributed by atoms with Gasteiger partial charge in [-0.1, -0.05) is 0 Å². The van der Waals surface area contributed by atoms with Crippen LogP contribution in [0.3, 0.4) is 0 Å². The summed E-state index contributed by atoms with van der Waals surface area (Å²) in [5.74, 6) is 1.03. The van der Waals surface area contributed by atoms with Crippen LogP contribution < -0.4 is 0 Å². The summed E-state index contributed by atoms with van der Waals surface area (Å²) < 4.78 is 17.7. The molecule has 1 amide bonds. The van der Waals surface area contributed by atoms with Gasteiger partial charge >= 0.3 is 6.09 Å². The second kappa shape index (κ2) is 7.22. The molecular formula is C16H24N2O3S. The largest absolute Gasteiger partial charge is 0.444 e. The number of hydrogen-bond acceptors (Lipinski definition) is 4. The predicted octanol–water partition coefficient (Wildman–Crippen LogP) is 2.84. The molecule has 0 unspecified atom stereocenters. The highest BCUT2D eigenvalue weighted by atomic mass is 32.2. The van der Waals surface area contributed by atoms with E-state index in [2.05, 4.69) is 4.98 Å². The van der Waals surface area contributed by atoms with Gasteiger partial charge in [0.15, 0.2) is 0 Å². The van der Waals surface area contributed by atoms with Crippen molar-refractivity contribution < 1.29 is 13.7 Å². The first kappa shape index (κ1) is 16.9. The second-order valence-electron chi connectivity index (χ2n) is 6.61. The molecular weight excluding hydrogens is 300 g/mol. The molecule has 122 valence electrons. The molecule has 1 aliphatic heterocycles. The molecule has 1 saturated heterocycles. The first-order valence-electron chi connectivity index (χ1n) is 7.61. The monoisotopic (exact) mass is 324 g/mol. The van der Waals surface area contributed by atoms with Crippen molar-refractivity contribution in [3.8, 4) is 0 Å². The van der Waals surface area contributed by atoms with Crippen LogP contribution in [0.4, 0.5) is 4.79 Å². The molecule has 1 aromatic heterocycles. The van der Waals surface area contributed by atoms with E-state index < -0.39 is 16.4 Å². The SMILES string of the molecule is CC(C)(C)OC(=O)N1CCC(C[S@](=O)c2ccncc2)CC1. The summed E-state index contributed by atoms with van der Waals surface area (Å²) in [7, 11) is -0.993. The molecule has 5 nitrogen and oxygen atoms in total. The maximum absolute atomic E-state index is 12.3. The molecule has 0 aromatic carbocycles. The standard InChI is InChI=1S/C16H24N2O3S/c1-16(2,3)21-15(19)18-10-6-13(7-11-18)12-22(20)14-4-8-17-9-5-14/h4-5,8-9,13H,6-7,10-12H2,1-3H3/t22-/m0/s1. The fraction of sp³-hybridized carbons (Fsp3) is 0.625. The van der Waals surface area contributed by atoms with E-state index in [4.69, 9.17) is 4.74 Å². The van der Waals surface area contributed by atoms with E-state index in [0.29, 0.717) is 24.8 Å². The van der Waals surface area contributed by atoms with Crippen molar-refractivity contribution >= 4 is 16.9 Å². The molecule has 22 heavy (non-hydrogen) atoms. The summed E-state index contributed by atoms with van der Waals surface area (Å²) in [6.07, 6.45) is 4.82. The van der Waals surface area contributed by atoms with Crippen molar-refractivity contribution in [2.24, 2.45) is 5.92 Å². The van der Waals surface area contributed by atoms with Gasteiger partial charge in [0.25, 0.3) is 0 Å². The molecule has 2 rings (SSSR count). The normalized spacial score (nSPS) is 18.0. The number of likely N-dealkylation sites (tertiary alicyclic amines) is 1. The Morgan fingerprint density at radius 1 is 1.32 bits per heavy atom. The lowest BCUT2D eigenvalue weighted by atomic mass is 9.99. The minimum Gasteiger partial charge on any atom is -0.444 e. The molecule has 1 atom stereocenters. The Balaban J connectivity index is 1.80. The molecule has 0 spiro atoms. The molecule has 0 saturated carbocycles. The molecule has 0 aliphatic carbocycles. The number of carbonyl (C=O) groups excluding carboxylic acids is 1. The van der Waals surface area contributed by atoms with Crippen molar-refractivity contribution in [1.82, 2.24) is 9.88 Å². The number of ether oxygens (including phenoxy) is 1. The zero-order chi connectivity index (χ0) is 16.2. The van der Waals surface area contributed by atoms with Crippen LogP contribution in [-0.2, 0) is 15.5 Å². The van der Waals surface area contributed by atoms with Crippen LogP contribution in [0.1, 0.15) is 33.6 Å². The van der Waals surface area contributed by atoms with Gasteiger partial charge in [0.2, 0.25) is 0 Å². The second-order valence-corrected chi connectivity index (χ2v) is 8.10. The van der Waals surface area contributed by atoms with Crippen LogP contribution >= 0.6 is 0 Å². The maximum atomic E-state index is 12.3. The number of aromatic nitrogens is 1. The first-order chi connectivity index (χ1) is 10.3. The lowest BCUT2D eigenvalue weighted by Gasteiger charge is -2.33. The first-order valence-corrected chi connectivity index (χ1v) is 8.93. The van der Waals surface area contributed by atoms with Crippen molar-refractivity contribution in [2.45, 2.75) is 44.1 Å². The molecule has 0 bridgehead atoms. The van der Waals surface area contributed by atoms with Gasteiger partial charge in [-0.15, -0.1) is 0 Å². The minimum atomic E-state index is -0.993. The maximum Gasteiger partial charge on any atom is 0.410 e. The molecule has 1 aromatic rings. The van der Waals surface area contributed by atoms with Crippen LogP contribution in [0.15, 0.2) is 29.4 Å². The van der Waals surface area contributed by atoms with Crippen molar-refractivity contribution in [3.05, 3.63) is 24.5 Å². The number of rotatable bonds is 3. The third kappa shape index (κ3) is 5.09. The number of carbonyl (C=O) groups is 1. The van der Waals surface area contributed by atoms with E-state index in [1.165, 1.54) is 0 Å². The lowest BCUT2D eigenvalue weighted by Crippen LogP contribution is -2.42. The zero-order valence-corrected chi connectivity index (χ0v) is 14.3. The Bertz CT molecular complexity index is 520. The molecule has 0 radical (unpaired) electrons. The third-order valence-electron chi connectivity index (χ3n) is 3.57. The molecule has 6 heteroatoms. The summed E-state index contributed by atoms with van der Waals surface area (Å²) in [5, 5.41) is 0. The Morgan fingerprint density at radius 3 is 2.45 bits per heavy atom.